The third-order valence-corrected chi connectivity index (χ3v) is 2.38. The van der Waals surface area contributed by atoms with Gasteiger partial charge in [0.2, 0.25) is 0 Å². The minimum Gasteiger partial charge on any atom is -0.398 e. The second kappa shape index (κ2) is 5.29. The van der Waals surface area contributed by atoms with Gasteiger partial charge in [0.1, 0.15) is 0 Å². The lowest BCUT2D eigenvalue weighted by atomic mass is 10.1. The lowest BCUT2D eigenvalue weighted by molar-refractivity contribution is -0.384. The number of carbonyl (C=O) groups is 1. The molecule has 6 heteroatoms. The van der Waals surface area contributed by atoms with Gasteiger partial charge in [0.15, 0.2) is 0 Å². The smallest absolute Gasteiger partial charge is 0.270 e. The van der Waals surface area contributed by atoms with Crippen molar-refractivity contribution in [2.75, 3.05) is 19.3 Å². The van der Waals surface area contributed by atoms with Crippen LogP contribution in [0.5, 0.6) is 0 Å². The van der Waals surface area contributed by atoms with Gasteiger partial charge in [-0.05, 0) is 12.5 Å². The van der Waals surface area contributed by atoms with Gasteiger partial charge in [-0.25, -0.2) is 0 Å². The predicted octanol–water partition coefficient (Wildman–Crippen LogP) is 1.66. The van der Waals surface area contributed by atoms with Crippen LogP contribution in [0.3, 0.4) is 0 Å². The summed E-state index contributed by atoms with van der Waals surface area (Å²) >= 11 is 0. The molecule has 0 unspecified atom stereocenters. The molecule has 0 fully saturated rings. The number of nitrogens with two attached hydrogens (primary N) is 1. The second-order valence-corrected chi connectivity index (χ2v) is 3.76. The van der Waals surface area contributed by atoms with Crippen LogP contribution in [-0.4, -0.2) is 29.3 Å². The zero-order valence-corrected chi connectivity index (χ0v) is 9.84. The molecule has 0 heterocycles. The average Bonchev–Trinajstić information content (AvgIpc) is 2.28. The van der Waals surface area contributed by atoms with Gasteiger partial charge in [0, 0.05) is 31.4 Å². The highest BCUT2D eigenvalue weighted by Crippen LogP contribution is 2.20. The van der Waals surface area contributed by atoms with E-state index in [2.05, 4.69) is 0 Å². The minimum absolute atomic E-state index is 0.132. The molecular weight excluding hydrogens is 222 g/mol. The van der Waals surface area contributed by atoms with E-state index in [1.54, 1.807) is 7.05 Å². The fourth-order valence-corrected chi connectivity index (χ4v) is 1.49. The van der Waals surface area contributed by atoms with Crippen molar-refractivity contribution in [2.45, 2.75) is 13.3 Å². The van der Waals surface area contributed by atoms with Crippen molar-refractivity contribution in [1.82, 2.24) is 4.90 Å². The Morgan fingerprint density at radius 2 is 2.18 bits per heavy atom. The highest BCUT2D eigenvalue weighted by Gasteiger charge is 2.17. The summed E-state index contributed by atoms with van der Waals surface area (Å²) in [5, 5.41) is 10.6. The van der Waals surface area contributed by atoms with Gasteiger partial charge in [0.05, 0.1) is 10.5 Å². The van der Waals surface area contributed by atoms with Crippen LogP contribution >= 0.6 is 0 Å². The number of carbonyl (C=O) groups excluding carboxylic acids is 1. The van der Waals surface area contributed by atoms with Gasteiger partial charge < -0.3 is 10.6 Å². The van der Waals surface area contributed by atoms with Crippen LogP contribution in [0.4, 0.5) is 11.4 Å². The van der Waals surface area contributed by atoms with Crippen LogP contribution in [0, 0.1) is 10.1 Å². The van der Waals surface area contributed by atoms with E-state index >= 15 is 0 Å². The number of hydrogen-bond donors (Lipinski definition) is 1. The molecule has 1 amide bonds. The highest BCUT2D eigenvalue weighted by atomic mass is 16.6. The predicted molar refractivity (Wildman–Crippen MR) is 64.8 cm³/mol. The monoisotopic (exact) mass is 237 g/mol. The van der Waals surface area contributed by atoms with Gasteiger partial charge in [-0.1, -0.05) is 6.92 Å². The van der Waals surface area contributed by atoms with Crippen molar-refractivity contribution in [2.24, 2.45) is 0 Å². The molecule has 0 radical (unpaired) electrons. The van der Waals surface area contributed by atoms with Crippen LogP contribution in [0.25, 0.3) is 0 Å². The van der Waals surface area contributed by atoms with E-state index in [0.29, 0.717) is 6.54 Å². The van der Waals surface area contributed by atoms with E-state index in [1.165, 1.54) is 23.1 Å². The third-order valence-electron chi connectivity index (χ3n) is 2.38. The zero-order valence-electron chi connectivity index (χ0n) is 9.84. The Bertz CT molecular complexity index is 446. The van der Waals surface area contributed by atoms with Crippen molar-refractivity contribution >= 4 is 17.3 Å². The Morgan fingerprint density at radius 3 is 2.71 bits per heavy atom. The van der Waals surface area contributed by atoms with Gasteiger partial charge in [-0.3, -0.25) is 14.9 Å². The molecule has 2 N–H and O–H groups in total. The topological polar surface area (TPSA) is 89.5 Å². The van der Waals surface area contributed by atoms with Crippen LogP contribution in [0.15, 0.2) is 18.2 Å². The number of hydrogen-bond acceptors (Lipinski definition) is 4. The maximum absolute atomic E-state index is 12.0. The number of nitrogen functional groups attached to an aromatic ring is 1. The minimum atomic E-state index is -0.546. The largest absolute Gasteiger partial charge is 0.398 e. The first-order chi connectivity index (χ1) is 7.97. The SMILES string of the molecule is CCCN(C)C(=O)c1cc([N+](=O)[O-])ccc1N. The molecule has 0 aliphatic carbocycles. The van der Waals surface area contributed by atoms with Crippen molar-refractivity contribution in [3.8, 4) is 0 Å². The summed E-state index contributed by atoms with van der Waals surface area (Å²) in [6, 6.07) is 3.88. The average molecular weight is 237 g/mol. The van der Waals surface area contributed by atoms with Crippen LogP contribution in [-0.2, 0) is 0 Å². The molecule has 0 bridgehead atoms. The first kappa shape index (κ1) is 13.0. The summed E-state index contributed by atoms with van der Waals surface area (Å²) < 4.78 is 0. The Morgan fingerprint density at radius 1 is 1.53 bits per heavy atom. The van der Waals surface area contributed by atoms with Crippen molar-refractivity contribution in [3.63, 3.8) is 0 Å². The van der Waals surface area contributed by atoms with Gasteiger partial charge in [-0.2, -0.15) is 0 Å². The molecule has 1 aromatic rings. The molecule has 1 aromatic carbocycles. The molecule has 0 atom stereocenters. The maximum Gasteiger partial charge on any atom is 0.270 e. The molecule has 0 saturated carbocycles. The maximum atomic E-state index is 12.0. The summed E-state index contributed by atoms with van der Waals surface area (Å²) in [7, 11) is 1.64. The summed E-state index contributed by atoms with van der Waals surface area (Å²) in [5.41, 5.74) is 5.95. The summed E-state index contributed by atoms with van der Waals surface area (Å²) in [6.07, 6.45) is 0.817. The third kappa shape index (κ3) is 2.93. The van der Waals surface area contributed by atoms with Gasteiger partial charge >= 0.3 is 0 Å². The zero-order chi connectivity index (χ0) is 13.0. The number of benzene rings is 1. The second-order valence-electron chi connectivity index (χ2n) is 3.76. The molecule has 0 aliphatic heterocycles. The standard InChI is InChI=1S/C11H15N3O3/c1-3-6-13(2)11(15)9-7-8(14(16)17)4-5-10(9)12/h4-5,7H,3,6,12H2,1-2H3. The van der Waals surface area contributed by atoms with Crippen LogP contribution in [0.2, 0.25) is 0 Å². The Labute approximate surface area is 99.2 Å². The number of rotatable bonds is 4. The number of nitrogens with zero attached hydrogens (tertiary/aromatic N) is 2. The Hall–Kier alpha value is -2.11. The highest BCUT2D eigenvalue weighted by molar-refractivity contribution is 5.99. The Kier molecular flexibility index (Phi) is 4.03. The number of amides is 1. The lowest BCUT2D eigenvalue weighted by Crippen LogP contribution is -2.28. The summed E-state index contributed by atoms with van der Waals surface area (Å²) in [5.74, 6) is -0.298. The number of nitro benzene ring substituents is 1. The summed E-state index contributed by atoms with van der Waals surface area (Å²) in [4.78, 5) is 23.5. The molecule has 0 spiro atoms. The lowest BCUT2D eigenvalue weighted by Gasteiger charge is -2.16. The molecule has 0 saturated heterocycles. The molecular formula is C11H15N3O3. The first-order valence-corrected chi connectivity index (χ1v) is 5.26. The molecule has 17 heavy (non-hydrogen) atoms. The molecule has 92 valence electrons. The van der Waals surface area contributed by atoms with E-state index in [-0.39, 0.29) is 22.8 Å². The fourth-order valence-electron chi connectivity index (χ4n) is 1.49. The number of nitro groups is 1. The normalized spacial score (nSPS) is 10.0. The van der Waals surface area contributed by atoms with Crippen molar-refractivity contribution in [3.05, 3.63) is 33.9 Å². The van der Waals surface area contributed by atoms with E-state index in [9.17, 15) is 14.9 Å². The van der Waals surface area contributed by atoms with E-state index in [1.807, 2.05) is 6.92 Å². The molecule has 6 nitrogen and oxygen atoms in total. The van der Waals surface area contributed by atoms with Crippen molar-refractivity contribution in [1.29, 1.82) is 0 Å². The van der Waals surface area contributed by atoms with Crippen LogP contribution < -0.4 is 5.73 Å². The van der Waals surface area contributed by atoms with E-state index < -0.39 is 4.92 Å². The van der Waals surface area contributed by atoms with Crippen LogP contribution in [0.1, 0.15) is 23.7 Å². The summed E-state index contributed by atoms with van der Waals surface area (Å²) in [6.45, 7) is 2.53. The number of anilines is 1. The Balaban J connectivity index is 3.07. The van der Waals surface area contributed by atoms with Gasteiger partial charge in [-0.15, -0.1) is 0 Å². The molecule has 0 aromatic heterocycles. The number of non-ortho nitro benzene ring substituents is 1. The van der Waals surface area contributed by atoms with E-state index in [4.69, 9.17) is 5.73 Å². The van der Waals surface area contributed by atoms with Gasteiger partial charge in [0.25, 0.3) is 11.6 Å². The first-order valence-electron chi connectivity index (χ1n) is 5.26. The van der Waals surface area contributed by atoms with Crippen molar-refractivity contribution < 1.29 is 9.72 Å². The molecule has 0 aliphatic rings. The quantitative estimate of drug-likeness (QED) is 0.490. The fraction of sp³-hybridized carbons (Fsp3) is 0.364. The molecule has 1 rings (SSSR count). The van der Waals surface area contributed by atoms with E-state index in [0.717, 1.165) is 6.42 Å².